The van der Waals surface area contributed by atoms with E-state index in [0.717, 1.165) is 18.9 Å². The van der Waals surface area contributed by atoms with Crippen LogP contribution in [0.4, 0.5) is 0 Å². The van der Waals surface area contributed by atoms with E-state index in [-0.39, 0.29) is 0 Å². The molecule has 2 rings (SSSR count). The van der Waals surface area contributed by atoms with Gasteiger partial charge in [0.15, 0.2) is 0 Å². The summed E-state index contributed by atoms with van der Waals surface area (Å²) in [6.45, 7) is 0. The van der Waals surface area contributed by atoms with Crippen molar-refractivity contribution in [3.8, 4) is 11.1 Å². The summed E-state index contributed by atoms with van der Waals surface area (Å²) in [5, 5.41) is 0. The Morgan fingerprint density at radius 2 is 1.27 bits per heavy atom. The van der Waals surface area contributed by atoms with Gasteiger partial charge >= 0.3 is 8.80 Å². The number of hydrogen-bond acceptors (Lipinski definition) is 3. The molecule has 0 heterocycles. The van der Waals surface area contributed by atoms with Gasteiger partial charge in [-0.3, -0.25) is 0 Å². The van der Waals surface area contributed by atoms with Crippen molar-refractivity contribution in [2.24, 2.45) is 0 Å². The third-order valence-electron chi connectivity index (χ3n) is 3.94. The first-order chi connectivity index (χ1) is 10.7. The molecule has 0 amide bonds. The summed E-state index contributed by atoms with van der Waals surface area (Å²) in [6, 6.07) is 20.0. The first kappa shape index (κ1) is 16.9. The van der Waals surface area contributed by atoms with Gasteiger partial charge in [0.1, 0.15) is 0 Å². The highest BCUT2D eigenvalue weighted by Gasteiger charge is 2.36. The highest BCUT2D eigenvalue weighted by Crippen LogP contribution is 2.21. The van der Waals surface area contributed by atoms with Crippen molar-refractivity contribution in [1.29, 1.82) is 0 Å². The first-order valence-corrected chi connectivity index (χ1v) is 9.46. The maximum absolute atomic E-state index is 5.45. The average Bonchev–Trinajstić information content (AvgIpc) is 2.60. The van der Waals surface area contributed by atoms with Crippen molar-refractivity contribution in [1.82, 2.24) is 0 Å². The summed E-state index contributed by atoms with van der Waals surface area (Å²) in [6.07, 6.45) is 1.99. The molecule has 0 aromatic heterocycles. The van der Waals surface area contributed by atoms with Gasteiger partial charge in [-0.05, 0) is 29.5 Å². The number of rotatable bonds is 8. The van der Waals surface area contributed by atoms with E-state index in [0.29, 0.717) is 0 Å². The standard InChI is InChI=1S/C18H24O3Si/c1-19-22(20-2,21-3)15-7-8-16-11-13-18(14-12-16)17-9-5-4-6-10-17/h4-6,9-14H,7-8,15H2,1-3H3. The molecule has 0 aliphatic heterocycles. The van der Waals surface area contributed by atoms with E-state index in [9.17, 15) is 0 Å². The van der Waals surface area contributed by atoms with E-state index in [1.165, 1.54) is 16.7 Å². The zero-order valence-corrected chi connectivity index (χ0v) is 14.5. The molecule has 0 N–H and O–H groups in total. The molecule has 4 heteroatoms. The Balaban J connectivity index is 1.92. The van der Waals surface area contributed by atoms with Crippen LogP contribution >= 0.6 is 0 Å². The Labute approximate surface area is 134 Å². The van der Waals surface area contributed by atoms with Crippen LogP contribution in [0.1, 0.15) is 12.0 Å². The first-order valence-electron chi connectivity index (χ1n) is 7.53. The molecule has 3 nitrogen and oxygen atoms in total. The Morgan fingerprint density at radius 3 is 1.82 bits per heavy atom. The van der Waals surface area contributed by atoms with Gasteiger partial charge in [0.2, 0.25) is 0 Å². The van der Waals surface area contributed by atoms with E-state index in [4.69, 9.17) is 13.3 Å². The lowest BCUT2D eigenvalue weighted by molar-refractivity contribution is 0.123. The molecule has 2 aromatic rings. The maximum atomic E-state index is 5.45. The molecule has 0 aliphatic rings. The summed E-state index contributed by atoms with van der Waals surface area (Å²) < 4.78 is 16.3. The predicted molar refractivity (Wildman–Crippen MR) is 91.8 cm³/mol. The second-order valence-corrected chi connectivity index (χ2v) is 8.30. The Morgan fingerprint density at radius 1 is 0.727 bits per heavy atom. The third kappa shape index (κ3) is 4.27. The van der Waals surface area contributed by atoms with Gasteiger partial charge in [-0.25, -0.2) is 0 Å². The topological polar surface area (TPSA) is 27.7 Å². The normalized spacial score (nSPS) is 11.6. The summed E-state index contributed by atoms with van der Waals surface area (Å²) in [5.74, 6) is 0. The van der Waals surface area contributed by atoms with Gasteiger partial charge in [-0.2, -0.15) is 0 Å². The van der Waals surface area contributed by atoms with Gasteiger partial charge < -0.3 is 13.3 Å². The van der Waals surface area contributed by atoms with E-state index in [1.54, 1.807) is 21.3 Å². The SMILES string of the molecule is CO[Si](CCCc1ccc(-c2ccccc2)cc1)(OC)OC. The Kier molecular flexibility index (Phi) is 6.33. The lowest BCUT2D eigenvalue weighted by Gasteiger charge is -2.24. The molecule has 0 atom stereocenters. The molecular weight excluding hydrogens is 292 g/mol. The highest BCUT2D eigenvalue weighted by atomic mass is 28.4. The second kappa shape index (κ2) is 8.24. The van der Waals surface area contributed by atoms with Crippen molar-refractivity contribution in [3.05, 3.63) is 60.2 Å². The van der Waals surface area contributed by atoms with Crippen LogP contribution in [0.25, 0.3) is 11.1 Å². The zero-order valence-electron chi connectivity index (χ0n) is 13.5. The Bertz CT molecular complexity index is 542. The van der Waals surface area contributed by atoms with Crippen LogP contribution in [0.3, 0.4) is 0 Å². The zero-order chi connectivity index (χ0) is 15.8. The monoisotopic (exact) mass is 316 g/mol. The van der Waals surface area contributed by atoms with Gasteiger partial charge in [-0.1, -0.05) is 54.6 Å². The molecule has 0 bridgehead atoms. The van der Waals surface area contributed by atoms with E-state index < -0.39 is 8.80 Å². The highest BCUT2D eigenvalue weighted by molar-refractivity contribution is 6.60. The molecule has 0 unspecified atom stereocenters. The van der Waals surface area contributed by atoms with Gasteiger partial charge in [0.05, 0.1) is 0 Å². The predicted octanol–water partition coefficient (Wildman–Crippen LogP) is 4.16. The van der Waals surface area contributed by atoms with Crippen molar-refractivity contribution in [3.63, 3.8) is 0 Å². The summed E-state index contributed by atoms with van der Waals surface area (Å²) in [7, 11) is 2.55. The maximum Gasteiger partial charge on any atom is 0.500 e. The molecule has 0 saturated heterocycles. The molecule has 0 spiro atoms. The lowest BCUT2D eigenvalue weighted by Crippen LogP contribution is -2.42. The van der Waals surface area contributed by atoms with Crippen LogP contribution in [-0.4, -0.2) is 30.1 Å². The van der Waals surface area contributed by atoms with Crippen molar-refractivity contribution < 1.29 is 13.3 Å². The molecule has 0 aliphatic carbocycles. The van der Waals surface area contributed by atoms with E-state index >= 15 is 0 Å². The summed E-state index contributed by atoms with van der Waals surface area (Å²) in [5.41, 5.74) is 3.82. The van der Waals surface area contributed by atoms with E-state index in [2.05, 4.69) is 48.5 Å². The fourth-order valence-corrected chi connectivity index (χ4v) is 4.28. The van der Waals surface area contributed by atoms with Crippen LogP contribution in [0, 0.1) is 0 Å². The lowest BCUT2D eigenvalue weighted by atomic mass is 10.0. The van der Waals surface area contributed by atoms with Crippen LogP contribution < -0.4 is 0 Å². The largest absolute Gasteiger partial charge is 0.500 e. The smallest absolute Gasteiger partial charge is 0.377 e. The minimum atomic E-state index is -2.43. The van der Waals surface area contributed by atoms with Crippen molar-refractivity contribution >= 4 is 8.80 Å². The molecule has 2 aromatic carbocycles. The molecule has 22 heavy (non-hydrogen) atoms. The van der Waals surface area contributed by atoms with Crippen molar-refractivity contribution in [2.75, 3.05) is 21.3 Å². The quantitative estimate of drug-likeness (QED) is 0.684. The molecular formula is C18H24O3Si. The fraction of sp³-hybridized carbons (Fsp3) is 0.333. The number of hydrogen-bond donors (Lipinski definition) is 0. The Hall–Kier alpha value is -1.46. The van der Waals surface area contributed by atoms with Crippen LogP contribution in [0.2, 0.25) is 6.04 Å². The van der Waals surface area contributed by atoms with E-state index in [1.807, 2.05) is 6.07 Å². The summed E-state index contributed by atoms with van der Waals surface area (Å²) >= 11 is 0. The van der Waals surface area contributed by atoms with Gasteiger partial charge in [0.25, 0.3) is 0 Å². The molecule has 118 valence electrons. The number of benzene rings is 2. The summed E-state index contributed by atoms with van der Waals surface area (Å²) in [4.78, 5) is 0. The van der Waals surface area contributed by atoms with Crippen LogP contribution in [-0.2, 0) is 19.7 Å². The molecule has 0 saturated carbocycles. The van der Waals surface area contributed by atoms with Gasteiger partial charge in [0, 0.05) is 27.4 Å². The molecule has 0 radical (unpaired) electrons. The minimum Gasteiger partial charge on any atom is -0.377 e. The molecule has 0 fully saturated rings. The number of aryl methyl sites for hydroxylation is 1. The van der Waals surface area contributed by atoms with Gasteiger partial charge in [-0.15, -0.1) is 0 Å². The fourth-order valence-electron chi connectivity index (χ4n) is 2.56. The second-order valence-electron chi connectivity index (χ2n) is 5.21. The van der Waals surface area contributed by atoms with Crippen LogP contribution in [0.5, 0.6) is 0 Å². The average molecular weight is 316 g/mol. The van der Waals surface area contributed by atoms with Crippen LogP contribution in [0.15, 0.2) is 54.6 Å². The third-order valence-corrected chi connectivity index (χ3v) is 6.77. The van der Waals surface area contributed by atoms with Crippen molar-refractivity contribution in [2.45, 2.75) is 18.9 Å². The minimum absolute atomic E-state index is 0.830.